The zero-order chi connectivity index (χ0) is 14.6. The summed E-state index contributed by atoms with van der Waals surface area (Å²) >= 11 is 0. The molecule has 0 aromatic carbocycles. The van der Waals surface area contributed by atoms with Crippen molar-refractivity contribution < 1.29 is 9.47 Å². The number of guanidine groups is 1. The molecule has 1 atom stereocenters. The number of unbranched alkanes of at least 4 members (excludes halogenated alkanes) is 1. The molecule has 1 saturated heterocycles. The Morgan fingerprint density at radius 3 is 2.95 bits per heavy atom. The van der Waals surface area contributed by atoms with Gasteiger partial charge in [-0.2, -0.15) is 0 Å². The van der Waals surface area contributed by atoms with Crippen LogP contribution in [0.15, 0.2) is 4.99 Å². The fraction of sp³-hybridized carbons (Fsp3) is 0.933. The first-order chi connectivity index (χ1) is 9.77. The van der Waals surface area contributed by atoms with Crippen molar-refractivity contribution >= 4 is 5.96 Å². The lowest BCUT2D eigenvalue weighted by Gasteiger charge is -2.21. The van der Waals surface area contributed by atoms with E-state index in [1.54, 1.807) is 0 Å². The zero-order valence-electron chi connectivity index (χ0n) is 13.4. The molecule has 0 saturated carbocycles. The van der Waals surface area contributed by atoms with Gasteiger partial charge in [0, 0.05) is 26.7 Å². The van der Waals surface area contributed by atoms with E-state index in [0.29, 0.717) is 25.9 Å². The Kier molecular flexibility index (Phi) is 9.41. The van der Waals surface area contributed by atoms with E-state index in [1.165, 1.54) is 19.3 Å². The fourth-order valence-electron chi connectivity index (χ4n) is 2.18. The number of nitrogens with one attached hydrogen (secondary N) is 1. The summed E-state index contributed by atoms with van der Waals surface area (Å²) in [6.45, 7) is 9.19. The Morgan fingerprint density at radius 1 is 1.45 bits per heavy atom. The summed E-state index contributed by atoms with van der Waals surface area (Å²) in [4.78, 5) is 6.78. The molecular formula is C15H31N3O2. The molecule has 0 aromatic rings. The van der Waals surface area contributed by atoms with Gasteiger partial charge in [0.15, 0.2) is 5.96 Å². The highest BCUT2D eigenvalue weighted by molar-refractivity contribution is 5.79. The number of rotatable bonds is 9. The van der Waals surface area contributed by atoms with Crippen molar-refractivity contribution in [3.63, 3.8) is 0 Å². The second kappa shape index (κ2) is 10.9. The minimum Gasteiger partial charge on any atom is -0.377 e. The molecule has 1 fully saturated rings. The maximum absolute atomic E-state index is 5.63. The molecule has 1 rings (SSSR count). The van der Waals surface area contributed by atoms with Crippen LogP contribution >= 0.6 is 0 Å². The lowest BCUT2D eigenvalue weighted by atomic mass is 10.2. The Bertz CT molecular complexity index is 266. The van der Waals surface area contributed by atoms with Gasteiger partial charge in [-0.1, -0.05) is 13.3 Å². The van der Waals surface area contributed by atoms with Crippen LogP contribution in [0.3, 0.4) is 0 Å². The molecule has 1 aliphatic rings. The average molecular weight is 285 g/mol. The van der Waals surface area contributed by atoms with Crippen LogP contribution in [0, 0.1) is 0 Å². The van der Waals surface area contributed by atoms with Gasteiger partial charge in [0.1, 0.15) is 0 Å². The van der Waals surface area contributed by atoms with Gasteiger partial charge in [-0.15, -0.1) is 0 Å². The molecule has 0 amide bonds. The summed E-state index contributed by atoms with van der Waals surface area (Å²) in [5.41, 5.74) is 0. The molecule has 0 aromatic heterocycles. The molecule has 0 spiro atoms. The molecule has 0 bridgehead atoms. The van der Waals surface area contributed by atoms with E-state index in [2.05, 4.69) is 36.1 Å². The highest BCUT2D eigenvalue weighted by atomic mass is 16.5. The Balaban J connectivity index is 2.19. The predicted molar refractivity (Wildman–Crippen MR) is 83.3 cm³/mol. The smallest absolute Gasteiger partial charge is 0.193 e. The molecule has 1 aliphatic heterocycles. The first-order valence-corrected chi connectivity index (χ1v) is 7.96. The number of aliphatic imine (C=N–C) groups is 1. The minimum atomic E-state index is 0.305. The van der Waals surface area contributed by atoms with E-state index < -0.39 is 0 Å². The highest BCUT2D eigenvalue weighted by Crippen LogP contribution is 2.11. The van der Waals surface area contributed by atoms with E-state index in [0.717, 1.165) is 32.1 Å². The second-order valence-corrected chi connectivity index (χ2v) is 5.22. The highest BCUT2D eigenvalue weighted by Gasteiger charge is 2.14. The van der Waals surface area contributed by atoms with E-state index in [9.17, 15) is 0 Å². The van der Waals surface area contributed by atoms with E-state index in [4.69, 9.17) is 9.47 Å². The molecule has 0 aliphatic carbocycles. The summed E-state index contributed by atoms with van der Waals surface area (Å²) < 4.78 is 11.1. The van der Waals surface area contributed by atoms with Crippen molar-refractivity contribution in [2.45, 2.75) is 45.6 Å². The number of hydrogen-bond acceptors (Lipinski definition) is 3. The quantitative estimate of drug-likeness (QED) is 0.399. The van der Waals surface area contributed by atoms with Crippen molar-refractivity contribution in [3.8, 4) is 0 Å². The fourth-order valence-corrected chi connectivity index (χ4v) is 2.18. The Labute approximate surface area is 123 Å². The molecule has 1 unspecified atom stereocenters. The zero-order valence-corrected chi connectivity index (χ0v) is 13.4. The van der Waals surface area contributed by atoms with Gasteiger partial charge in [-0.05, 0) is 26.2 Å². The summed E-state index contributed by atoms with van der Waals surface area (Å²) in [5, 5.41) is 3.32. The topological polar surface area (TPSA) is 46.1 Å². The lowest BCUT2D eigenvalue weighted by Crippen LogP contribution is -2.39. The SMILES string of the molecule is CCCCN(C)C(=NCCOCC1CCCO1)NCC. The molecule has 118 valence electrons. The first kappa shape index (κ1) is 17.2. The number of ether oxygens (including phenoxy) is 2. The van der Waals surface area contributed by atoms with Gasteiger partial charge in [-0.25, -0.2) is 0 Å². The third kappa shape index (κ3) is 7.10. The van der Waals surface area contributed by atoms with Crippen molar-refractivity contribution in [1.82, 2.24) is 10.2 Å². The summed E-state index contributed by atoms with van der Waals surface area (Å²) in [6.07, 6.45) is 4.99. The molecule has 0 radical (unpaired) electrons. The van der Waals surface area contributed by atoms with E-state index in [1.807, 2.05) is 0 Å². The van der Waals surface area contributed by atoms with Gasteiger partial charge in [0.05, 0.1) is 25.9 Å². The normalized spacial score (nSPS) is 19.4. The minimum absolute atomic E-state index is 0.305. The predicted octanol–water partition coefficient (Wildman–Crippen LogP) is 1.88. The molecule has 5 nitrogen and oxygen atoms in total. The summed E-state index contributed by atoms with van der Waals surface area (Å²) in [7, 11) is 2.09. The van der Waals surface area contributed by atoms with Crippen molar-refractivity contribution in [2.75, 3.05) is 46.5 Å². The van der Waals surface area contributed by atoms with Crippen molar-refractivity contribution in [2.24, 2.45) is 4.99 Å². The van der Waals surface area contributed by atoms with Crippen LogP contribution in [0.2, 0.25) is 0 Å². The van der Waals surface area contributed by atoms with Crippen molar-refractivity contribution in [1.29, 1.82) is 0 Å². The maximum atomic E-state index is 5.63. The van der Waals surface area contributed by atoms with Crippen LogP contribution in [0.4, 0.5) is 0 Å². The van der Waals surface area contributed by atoms with Crippen LogP contribution in [0.1, 0.15) is 39.5 Å². The van der Waals surface area contributed by atoms with Crippen LogP contribution < -0.4 is 5.32 Å². The van der Waals surface area contributed by atoms with Gasteiger partial charge < -0.3 is 19.7 Å². The van der Waals surface area contributed by atoms with Crippen LogP contribution in [0.25, 0.3) is 0 Å². The third-order valence-corrected chi connectivity index (χ3v) is 3.37. The molecule has 1 N–H and O–H groups in total. The van der Waals surface area contributed by atoms with Gasteiger partial charge in [-0.3, -0.25) is 4.99 Å². The largest absolute Gasteiger partial charge is 0.377 e. The van der Waals surface area contributed by atoms with E-state index >= 15 is 0 Å². The lowest BCUT2D eigenvalue weighted by molar-refractivity contribution is 0.0199. The van der Waals surface area contributed by atoms with Crippen molar-refractivity contribution in [3.05, 3.63) is 0 Å². The number of nitrogens with zero attached hydrogens (tertiary/aromatic N) is 2. The molecular weight excluding hydrogens is 254 g/mol. The monoisotopic (exact) mass is 285 g/mol. The van der Waals surface area contributed by atoms with Gasteiger partial charge in [0.2, 0.25) is 0 Å². The third-order valence-electron chi connectivity index (χ3n) is 3.37. The summed E-state index contributed by atoms with van der Waals surface area (Å²) in [6, 6.07) is 0. The maximum Gasteiger partial charge on any atom is 0.193 e. The van der Waals surface area contributed by atoms with Gasteiger partial charge in [0.25, 0.3) is 0 Å². The standard InChI is InChI=1S/C15H31N3O2/c1-4-6-10-18(3)15(16-5-2)17-9-12-19-13-14-8-7-11-20-14/h14H,4-13H2,1-3H3,(H,16,17). The van der Waals surface area contributed by atoms with E-state index in [-0.39, 0.29) is 0 Å². The van der Waals surface area contributed by atoms with Crippen LogP contribution in [-0.4, -0.2) is 63.5 Å². The first-order valence-electron chi connectivity index (χ1n) is 7.96. The average Bonchev–Trinajstić information content (AvgIpc) is 2.96. The van der Waals surface area contributed by atoms with Crippen LogP contribution in [0.5, 0.6) is 0 Å². The van der Waals surface area contributed by atoms with Crippen LogP contribution in [-0.2, 0) is 9.47 Å². The molecule has 20 heavy (non-hydrogen) atoms. The Morgan fingerprint density at radius 2 is 2.30 bits per heavy atom. The Hall–Kier alpha value is -0.810. The molecule has 1 heterocycles. The van der Waals surface area contributed by atoms with Gasteiger partial charge >= 0.3 is 0 Å². The number of hydrogen-bond donors (Lipinski definition) is 1. The molecule has 5 heteroatoms. The summed E-state index contributed by atoms with van der Waals surface area (Å²) in [5.74, 6) is 0.974. The second-order valence-electron chi connectivity index (χ2n) is 5.22.